The molecule has 0 radical (unpaired) electrons. The van der Waals surface area contributed by atoms with Crippen molar-refractivity contribution in [3.05, 3.63) is 52.2 Å². The number of nitrogens with one attached hydrogen (secondary N) is 2. The summed E-state index contributed by atoms with van der Waals surface area (Å²) in [4.78, 5) is 4.54. The van der Waals surface area contributed by atoms with Crippen LogP contribution >= 0.6 is 11.3 Å². The van der Waals surface area contributed by atoms with Gasteiger partial charge in [0.15, 0.2) is 5.96 Å². The zero-order chi connectivity index (χ0) is 18.6. The van der Waals surface area contributed by atoms with Crippen molar-refractivity contribution in [3.8, 4) is 5.75 Å². The summed E-state index contributed by atoms with van der Waals surface area (Å²) in [5, 5.41) is 10.5. The average Bonchev–Trinajstić information content (AvgIpc) is 3.13. The van der Waals surface area contributed by atoms with Crippen molar-refractivity contribution in [3.63, 3.8) is 0 Å². The molecule has 3 rings (SSSR count). The van der Waals surface area contributed by atoms with Gasteiger partial charge in [0.2, 0.25) is 0 Å². The van der Waals surface area contributed by atoms with E-state index in [9.17, 15) is 13.2 Å². The van der Waals surface area contributed by atoms with E-state index in [-0.39, 0.29) is 17.7 Å². The third-order valence-electron chi connectivity index (χ3n) is 4.00. The summed E-state index contributed by atoms with van der Waals surface area (Å²) in [5.41, 5.74) is 1.69. The van der Waals surface area contributed by atoms with Gasteiger partial charge in [-0.15, -0.1) is 13.2 Å². The molecule has 1 aliphatic rings. The van der Waals surface area contributed by atoms with E-state index in [2.05, 4.69) is 20.4 Å². The van der Waals surface area contributed by atoms with Gasteiger partial charge >= 0.3 is 6.36 Å². The molecule has 1 saturated carbocycles. The Labute approximate surface area is 154 Å². The largest absolute Gasteiger partial charge is 0.573 e. The van der Waals surface area contributed by atoms with E-state index in [4.69, 9.17) is 0 Å². The second kappa shape index (κ2) is 7.99. The smallest absolute Gasteiger partial charge is 0.405 e. The van der Waals surface area contributed by atoms with Crippen LogP contribution in [0, 0.1) is 0 Å². The van der Waals surface area contributed by atoms with Gasteiger partial charge in [0, 0.05) is 18.5 Å². The van der Waals surface area contributed by atoms with Gasteiger partial charge in [0.25, 0.3) is 0 Å². The van der Waals surface area contributed by atoms with Gasteiger partial charge in [-0.3, -0.25) is 0 Å². The van der Waals surface area contributed by atoms with Crippen LogP contribution in [0.4, 0.5) is 13.2 Å². The molecular weight excluding hydrogens is 363 g/mol. The van der Waals surface area contributed by atoms with Crippen LogP contribution in [-0.2, 0) is 6.54 Å². The first-order valence-electron chi connectivity index (χ1n) is 8.37. The molecule has 0 bridgehead atoms. The van der Waals surface area contributed by atoms with Crippen molar-refractivity contribution in [2.24, 2.45) is 4.99 Å². The Morgan fingerprint density at radius 3 is 2.81 bits per heavy atom. The first-order chi connectivity index (χ1) is 12.5. The number of aliphatic imine (C=N–C) groups is 1. The number of guanidine groups is 1. The number of halogens is 3. The first kappa shape index (κ1) is 18.6. The van der Waals surface area contributed by atoms with Crippen LogP contribution in [-0.4, -0.2) is 24.9 Å². The highest BCUT2D eigenvalue weighted by molar-refractivity contribution is 7.07. The molecule has 1 aromatic heterocycles. The lowest BCUT2D eigenvalue weighted by Gasteiger charge is -2.14. The van der Waals surface area contributed by atoms with Crippen molar-refractivity contribution >= 4 is 17.3 Å². The van der Waals surface area contributed by atoms with Crippen LogP contribution in [0.1, 0.15) is 30.4 Å². The highest BCUT2D eigenvalue weighted by atomic mass is 32.1. The molecule has 26 heavy (non-hydrogen) atoms. The Morgan fingerprint density at radius 2 is 2.12 bits per heavy atom. The maximum absolute atomic E-state index is 12.6. The van der Waals surface area contributed by atoms with Crippen LogP contribution < -0.4 is 15.4 Å². The summed E-state index contributed by atoms with van der Waals surface area (Å²) >= 11 is 1.62. The minimum absolute atomic E-state index is 0.0291. The molecule has 140 valence electrons. The van der Waals surface area contributed by atoms with Gasteiger partial charge < -0.3 is 15.4 Å². The van der Waals surface area contributed by atoms with E-state index < -0.39 is 6.36 Å². The molecule has 8 heteroatoms. The van der Waals surface area contributed by atoms with Gasteiger partial charge in [-0.05, 0) is 47.4 Å². The molecule has 2 unspecified atom stereocenters. The molecule has 2 atom stereocenters. The van der Waals surface area contributed by atoms with Crippen LogP contribution in [0.5, 0.6) is 5.75 Å². The Morgan fingerprint density at radius 1 is 1.31 bits per heavy atom. The number of hydrogen-bond donors (Lipinski definition) is 2. The predicted octanol–water partition coefficient (Wildman–Crippen LogP) is 4.26. The molecule has 1 heterocycles. The Balaban J connectivity index is 1.65. The normalized spacial score (nSPS) is 19.9. The maximum Gasteiger partial charge on any atom is 0.573 e. The molecule has 2 aromatic rings. The number of para-hydroxylation sites is 1. The van der Waals surface area contributed by atoms with Crippen molar-refractivity contribution < 1.29 is 17.9 Å². The summed E-state index contributed by atoms with van der Waals surface area (Å²) in [6, 6.07) is 8.36. The summed E-state index contributed by atoms with van der Waals surface area (Å²) < 4.78 is 41.9. The summed E-state index contributed by atoms with van der Waals surface area (Å²) in [6.07, 6.45) is -3.95. The van der Waals surface area contributed by atoms with E-state index in [1.807, 2.05) is 23.8 Å². The standard InChI is InChI=1S/C18H20F3N3OS/c1-2-22-17(23-10-12-7-8-26-11-12)24-15-9-14(15)13-5-3-4-6-16(13)25-18(19,20)21/h3-8,11,14-15H,2,9-10H2,1H3,(H2,22,23,24). The highest BCUT2D eigenvalue weighted by Gasteiger charge is 2.42. The lowest BCUT2D eigenvalue weighted by molar-refractivity contribution is -0.274. The Kier molecular flexibility index (Phi) is 5.70. The Hall–Kier alpha value is -2.22. The summed E-state index contributed by atoms with van der Waals surface area (Å²) in [5.74, 6) is 0.508. The SMILES string of the molecule is CCNC(=NCc1ccsc1)NC1CC1c1ccccc1OC(F)(F)F. The Bertz CT molecular complexity index is 746. The second-order valence-corrected chi connectivity index (χ2v) is 6.79. The van der Waals surface area contributed by atoms with E-state index in [0.29, 0.717) is 24.6 Å². The number of hydrogen-bond acceptors (Lipinski definition) is 3. The van der Waals surface area contributed by atoms with Crippen LogP contribution in [0.3, 0.4) is 0 Å². The van der Waals surface area contributed by atoms with Crippen molar-refractivity contribution in [1.82, 2.24) is 10.6 Å². The van der Waals surface area contributed by atoms with E-state index in [1.54, 1.807) is 29.5 Å². The monoisotopic (exact) mass is 383 g/mol. The van der Waals surface area contributed by atoms with Gasteiger partial charge in [-0.1, -0.05) is 18.2 Å². The summed E-state index contributed by atoms with van der Waals surface area (Å²) in [6.45, 7) is 3.24. The van der Waals surface area contributed by atoms with Crippen LogP contribution in [0.2, 0.25) is 0 Å². The van der Waals surface area contributed by atoms with Crippen LogP contribution in [0.25, 0.3) is 0 Å². The lowest BCUT2D eigenvalue weighted by atomic mass is 10.1. The number of alkyl halides is 3. The molecule has 1 aliphatic carbocycles. The second-order valence-electron chi connectivity index (χ2n) is 6.01. The highest BCUT2D eigenvalue weighted by Crippen LogP contribution is 2.45. The first-order valence-corrected chi connectivity index (χ1v) is 9.31. The van der Waals surface area contributed by atoms with Crippen molar-refractivity contribution in [1.29, 1.82) is 0 Å². The molecule has 1 aromatic carbocycles. The molecule has 1 fully saturated rings. The van der Waals surface area contributed by atoms with Gasteiger partial charge in [-0.25, -0.2) is 4.99 Å². The molecule has 4 nitrogen and oxygen atoms in total. The number of rotatable bonds is 6. The van der Waals surface area contributed by atoms with Crippen molar-refractivity contribution in [2.75, 3.05) is 6.54 Å². The maximum atomic E-state index is 12.6. The number of nitrogens with zero attached hydrogens (tertiary/aromatic N) is 1. The van der Waals surface area contributed by atoms with Gasteiger partial charge in [0.05, 0.1) is 6.54 Å². The fraction of sp³-hybridized carbons (Fsp3) is 0.389. The van der Waals surface area contributed by atoms with E-state index in [1.165, 1.54) is 6.07 Å². The number of thiophene rings is 1. The third kappa shape index (κ3) is 5.14. The fourth-order valence-corrected chi connectivity index (χ4v) is 3.41. The van der Waals surface area contributed by atoms with E-state index in [0.717, 1.165) is 12.0 Å². The quantitative estimate of drug-likeness (QED) is 0.579. The predicted molar refractivity (Wildman–Crippen MR) is 96.5 cm³/mol. The number of benzene rings is 1. The zero-order valence-corrected chi connectivity index (χ0v) is 15.0. The molecule has 0 spiro atoms. The minimum Gasteiger partial charge on any atom is -0.405 e. The van der Waals surface area contributed by atoms with Gasteiger partial charge in [0.1, 0.15) is 5.75 Å². The third-order valence-corrected chi connectivity index (χ3v) is 4.73. The minimum atomic E-state index is -4.69. The lowest BCUT2D eigenvalue weighted by Crippen LogP contribution is -2.39. The molecule has 0 saturated heterocycles. The van der Waals surface area contributed by atoms with Crippen molar-refractivity contribution in [2.45, 2.75) is 38.2 Å². The molecule has 2 N–H and O–H groups in total. The summed E-state index contributed by atoms with van der Waals surface area (Å²) in [7, 11) is 0. The number of ether oxygens (including phenoxy) is 1. The molecule has 0 aliphatic heterocycles. The van der Waals surface area contributed by atoms with Crippen LogP contribution in [0.15, 0.2) is 46.1 Å². The topological polar surface area (TPSA) is 45.7 Å². The molecule has 0 amide bonds. The average molecular weight is 383 g/mol. The van der Waals surface area contributed by atoms with Gasteiger partial charge in [-0.2, -0.15) is 11.3 Å². The van der Waals surface area contributed by atoms with E-state index >= 15 is 0 Å². The zero-order valence-electron chi connectivity index (χ0n) is 14.2. The molecular formula is C18H20F3N3OS. The fourth-order valence-electron chi connectivity index (χ4n) is 2.75.